The van der Waals surface area contributed by atoms with E-state index >= 15 is 0 Å². The lowest BCUT2D eigenvalue weighted by atomic mass is 10.1. The molecule has 0 aliphatic heterocycles. The van der Waals surface area contributed by atoms with Crippen LogP contribution in [0.4, 0.5) is 0 Å². The number of nitriles is 1. The summed E-state index contributed by atoms with van der Waals surface area (Å²) >= 11 is 0. The molecule has 0 aromatic heterocycles. The van der Waals surface area contributed by atoms with Crippen LogP contribution in [0.25, 0.3) is 0 Å². The zero-order valence-corrected chi connectivity index (χ0v) is 12.7. The molecule has 20 heavy (non-hydrogen) atoms. The molecule has 0 aliphatic rings. The van der Waals surface area contributed by atoms with Crippen LogP contribution >= 0.6 is 0 Å². The normalized spacial score (nSPS) is 13.2. The summed E-state index contributed by atoms with van der Waals surface area (Å²) in [6.07, 6.45) is 0. The Morgan fingerprint density at radius 3 is 2.05 bits per heavy atom. The topological polar surface area (TPSA) is 63.5 Å². The van der Waals surface area contributed by atoms with E-state index in [9.17, 15) is 0 Å². The number of hydrogen-bond acceptors (Lipinski definition) is 5. The molecule has 0 fully saturated rings. The Morgan fingerprint density at radius 1 is 1.10 bits per heavy atom. The first-order chi connectivity index (χ1) is 9.57. The van der Waals surface area contributed by atoms with Gasteiger partial charge in [0.15, 0.2) is 11.5 Å². The standard InChI is InChI=1S/C15H22N2O3/c1-10(8-16)9-17-11(2)12-6-13(18-3)15(20-5)14(7-12)19-4/h6-7,10-11,17H,9H2,1-5H3. The average Bonchev–Trinajstić information content (AvgIpc) is 2.50. The van der Waals surface area contributed by atoms with Gasteiger partial charge in [-0.3, -0.25) is 0 Å². The first kappa shape index (κ1) is 16.1. The van der Waals surface area contributed by atoms with Crippen LogP contribution in [0.1, 0.15) is 25.5 Å². The van der Waals surface area contributed by atoms with Gasteiger partial charge in [0.1, 0.15) is 0 Å². The minimum atomic E-state index is -0.0283. The molecule has 0 spiro atoms. The van der Waals surface area contributed by atoms with Crippen molar-refractivity contribution in [3.8, 4) is 23.3 Å². The number of hydrogen-bond donors (Lipinski definition) is 1. The lowest BCUT2D eigenvalue weighted by Gasteiger charge is -2.19. The van der Waals surface area contributed by atoms with Crippen molar-refractivity contribution in [1.82, 2.24) is 5.32 Å². The van der Waals surface area contributed by atoms with Crippen LogP contribution in [0.5, 0.6) is 17.2 Å². The van der Waals surface area contributed by atoms with E-state index in [-0.39, 0.29) is 12.0 Å². The minimum absolute atomic E-state index is 0.0283. The predicted octanol–water partition coefficient (Wildman–Crippen LogP) is 2.52. The second kappa shape index (κ2) is 7.61. The summed E-state index contributed by atoms with van der Waals surface area (Å²) in [6.45, 7) is 4.55. The van der Waals surface area contributed by atoms with Crippen LogP contribution in [0.2, 0.25) is 0 Å². The third-order valence-corrected chi connectivity index (χ3v) is 3.14. The summed E-state index contributed by atoms with van der Waals surface area (Å²) in [5.74, 6) is 1.81. The molecule has 2 atom stereocenters. The monoisotopic (exact) mass is 278 g/mol. The molecule has 110 valence electrons. The van der Waals surface area contributed by atoms with E-state index in [4.69, 9.17) is 19.5 Å². The van der Waals surface area contributed by atoms with Crippen molar-refractivity contribution >= 4 is 0 Å². The summed E-state index contributed by atoms with van der Waals surface area (Å²) in [5, 5.41) is 12.1. The fraction of sp³-hybridized carbons (Fsp3) is 0.533. The van der Waals surface area contributed by atoms with E-state index in [1.807, 2.05) is 26.0 Å². The molecule has 0 aliphatic carbocycles. The molecule has 1 N–H and O–H groups in total. The lowest BCUT2D eigenvalue weighted by Crippen LogP contribution is -2.23. The van der Waals surface area contributed by atoms with E-state index in [1.54, 1.807) is 21.3 Å². The Kier molecular flexibility index (Phi) is 6.13. The van der Waals surface area contributed by atoms with Gasteiger partial charge in [-0.15, -0.1) is 0 Å². The van der Waals surface area contributed by atoms with E-state index in [0.717, 1.165) is 5.56 Å². The van der Waals surface area contributed by atoms with Crippen LogP contribution in [-0.2, 0) is 0 Å². The van der Waals surface area contributed by atoms with Gasteiger partial charge in [-0.1, -0.05) is 0 Å². The van der Waals surface area contributed by atoms with Gasteiger partial charge in [-0.25, -0.2) is 0 Å². The molecule has 0 amide bonds. The predicted molar refractivity (Wildman–Crippen MR) is 77.3 cm³/mol. The number of rotatable bonds is 7. The van der Waals surface area contributed by atoms with E-state index in [2.05, 4.69) is 11.4 Å². The lowest BCUT2D eigenvalue weighted by molar-refractivity contribution is 0.323. The SMILES string of the molecule is COc1cc(C(C)NCC(C)C#N)cc(OC)c1OC. The molecule has 1 aromatic carbocycles. The first-order valence-electron chi connectivity index (χ1n) is 6.50. The molecule has 0 radical (unpaired) electrons. The Labute approximate surface area is 120 Å². The van der Waals surface area contributed by atoms with Crippen molar-refractivity contribution in [2.45, 2.75) is 19.9 Å². The molecule has 0 saturated carbocycles. The van der Waals surface area contributed by atoms with Crippen LogP contribution < -0.4 is 19.5 Å². The van der Waals surface area contributed by atoms with Gasteiger partial charge in [0, 0.05) is 12.6 Å². The number of benzene rings is 1. The Bertz CT molecular complexity index is 457. The molecule has 0 bridgehead atoms. The number of nitrogens with one attached hydrogen (secondary N) is 1. The number of ether oxygens (including phenoxy) is 3. The fourth-order valence-corrected chi connectivity index (χ4v) is 1.87. The molecule has 2 unspecified atom stereocenters. The molecular weight excluding hydrogens is 256 g/mol. The maximum Gasteiger partial charge on any atom is 0.203 e. The van der Waals surface area contributed by atoms with Crippen molar-refractivity contribution in [2.24, 2.45) is 5.92 Å². The molecule has 0 heterocycles. The number of methoxy groups -OCH3 is 3. The summed E-state index contributed by atoms with van der Waals surface area (Å²) in [4.78, 5) is 0. The smallest absolute Gasteiger partial charge is 0.203 e. The Hall–Kier alpha value is -1.93. The highest BCUT2D eigenvalue weighted by Crippen LogP contribution is 2.39. The maximum atomic E-state index is 8.80. The molecule has 5 nitrogen and oxygen atoms in total. The van der Waals surface area contributed by atoms with E-state index in [1.165, 1.54) is 0 Å². The zero-order chi connectivity index (χ0) is 15.1. The van der Waals surface area contributed by atoms with Gasteiger partial charge >= 0.3 is 0 Å². The third-order valence-electron chi connectivity index (χ3n) is 3.14. The van der Waals surface area contributed by atoms with Crippen LogP contribution in [0, 0.1) is 17.2 Å². The zero-order valence-electron chi connectivity index (χ0n) is 12.7. The molecule has 1 rings (SSSR count). The highest BCUT2D eigenvalue weighted by Gasteiger charge is 2.16. The van der Waals surface area contributed by atoms with Gasteiger partial charge in [-0.05, 0) is 31.5 Å². The van der Waals surface area contributed by atoms with Crippen LogP contribution in [0.3, 0.4) is 0 Å². The molecule has 0 saturated heterocycles. The summed E-state index contributed by atoms with van der Waals surface area (Å²) < 4.78 is 16.0. The second-order valence-electron chi connectivity index (χ2n) is 4.62. The van der Waals surface area contributed by atoms with Crippen molar-refractivity contribution in [2.75, 3.05) is 27.9 Å². The Balaban J connectivity index is 2.98. The molecule has 5 heteroatoms. The van der Waals surface area contributed by atoms with Crippen molar-refractivity contribution in [1.29, 1.82) is 5.26 Å². The maximum absolute atomic E-state index is 8.80. The van der Waals surface area contributed by atoms with Gasteiger partial charge in [0.25, 0.3) is 0 Å². The minimum Gasteiger partial charge on any atom is -0.493 e. The second-order valence-corrected chi connectivity index (χ2v) is 4.62. The number of nitrogens with zero attached hydrogens (tertiary/aromatic N) is 1. The summed E-state index contributed by atoms with van der Waals surface area (Å²) in [5.41, 5.74) is 1.02. The van der Waals surface area contributed by atoms with Crippen LogP contribution in [-0.4, -0.2) is 27.9 Å². The van der Waals surface area contributed by atoms with Gasteiger partial charge in [0.2, 0.25) is 5.75 Å². The van der Waals surface area contributed by atoms with Crippen LogP contribution in [0.15, 0.2) is 12.1 Å². The van der Waals surface area contributed by atoms with Gasteiger partial charge < -0.3 is 19.5 Å². The highest BCUT2D eigenvalue weighted by atomic mass is 16.5. The third kappa shape index (κ3) is 3.78. The van der Waals surface area contributed by atoms with E-state index in [0.29, 0.717) is 23.8 Å². The van der Waals surface area contributed by atoms with Crippen molar-refractivity contribution in [3.63, 3.8) is 0 Å². The van der Waals surface area contributed by atoms with E-state index < -0.39 is 0 Å². The molecular formula is C15H22N2O3. The average molecular weight is 278 g/mol. The van der Waals surface area contributed by atoms with Gasteiger partial charge in [0.05, 0.1) is 33.3 Å². The summed E-state index contributed by atoms with van der Waals surface area (Å²) in [7, 11) is 4.77. The fourth-order valence-electron chi connectivity index (χ4n) is 1.87. The summed E-state index contributed by atoms with van der Waals surface area (Å²) in [6, 6.07) is 6.11. The van der Waals surface area contributed by atoms with Crippen molar-refractivity contribution in [3.05, 3.63) is 17.7 Å². The highest BCUT2D eigenvalue weighted by molar-refractivity contribution is 5.54. The molecule has 1 aromatic rings. The largest absolute Gasteiger partial charge is 0.493 e. The first-order valence-corrected chi connectivity index (χ1v) is 6.50. The quantitative estimate of drug-likeness (QED) is 0.830. The van der Waals surface area contributed by atoms with Crippen molar-refractivity contribution < 1.29 is 14.2 Å². The Morgan fingerprint density at radius 2 is 1.65 bits per heavy atom. The van der Waals surface area contributed by atoms with Gasteiger partial charge in [-0.2, -0.15) is 5.26 Å².